The lowest BCUT2D eigenvalue weighted by molar-refractivity contribution is 0.474. The number of aromatic hydroxyl groups is 1. The molecule has 21 heavy (non-hydrogen) atoms. The number of benzene rings is 2. The molecule has 0 amide bonds. The molecule has 0 aliphatic heterocycles. The highest BCUT2D eigenvalue weighted by molar-refractivity contribution is 6.02. The Kier molecular flexibility index (Phi) is 4.34. The minimum Gasteiger partial charge on any atom is -0.508 e. The van der Waals surface area contributed by atoms with E-state index in [2.05, 4.69) is 24.3 Å². The van der Waals surface area contributed by atoms with Crippen LogP contribution in [0.15, 0.2) is 53.5 Å². The largest absolute Gasteiger partial charge is 0.508 e. The minimum atomic E-state index is 0.360. The third kappa shape index (κ3) is 3.52. The molecule has 0 spiro atoms. The maximum atomic E-state index is 9.65. The predicted molar refractivity (Wildman–Crippen MR) is 87.2 cm³/mol. The summed E-state index contributed by atoms with van der Waals surface area (Å²) in [6.07, 6.45) is 5.43. The van der Waals surface area contributed by atoms with Crippen LogP contribution in [-0.2, 0) is 12.8 Å². The molecule has 1 aliphatic rings. The van der Waals surface area contributed by atoms with Crippen LogP contribution in [0.5, 0.6) is 5.75 Å². The molecule has 1 aliphatic carbocycles. The summed E-state index contributed by atoms with van der Waals surface area (Å²) in [7, 11) is 0. The van der Waals surface area contributed by atoms with Crippen LogP contribution in [0, 0.1) is 0 Å². The summed E-state index contributed by atoms with van der Waals surface area (Å²) in [5.74, 6) is 0.360. The van der Waals surface area contributed by atoms with Gasteiger partial charge in [0.1, 0.15) is 5.75 Å². The van der Waals surface area contributed by atoms with E-state index in [1.807, 2.05) is 18.2 Å². The van der Waals surface area contributed by atoms with E-state index in [0.29, 0.717) is 5.75 Å². The van der Waals surface area contributed by atoms with E-state index in [1.165, 1.54) is 35.2 Å². The Bertz CT molecular complexity index is 631. The molecule has 3 rings (SSSR count). The molecule has 0 aromatic heterocycles. The predicted octanol–water partition coefficient (Wildman–Crippen LogP) is 4.15. The van der Waals surface area contributed by atoms with Gasteiger partial charge >= 0.3 is 0 Å². The monoisotopic (exact) mass is 279 g/mol. The zero-order valence-corrected chi connectivity index (χ0v) is 12.3. The van der Waals surface area contributed by atoms with Crippen molar-refractivity contribution in [3.8, 4) is 5.75 Å². The van der Waals surface area contributed by atoms with Gasteiger partial charge in [-0.1, -0.05) is 30.3 Å². The quantitative estimate of drug-likeness (QED) is 0.841. The molecule has 0 radical (unpaired) electrons. The normalized spacial score (nSPS) is 16.5. The Morgan fingerprint density at radius 3 is 2.62 bits per heavy atom. The fourth-order valence-electron chi connectivity index (χ4n) is 2.94. The molecule has 2 aromatic carbocycles. The van der Waals surface area contributed by atoms with Crippen molar-refractivity contribution < 1.29 is 5.11 Å². The first kappa shape index (κ1) is 13.9. The van der Waals surface area contributed by atoms with Crippen LogP contribution in [-0.4, -0.2) is 17.4 Å². The second-order valence-corrected chi connectivity index (χ2v) is 5.61. The standard InChI is InChI=1S/C19H21NO/c21-17-10-11-18-16(14-17)8-4-5-9-19(18)20-13-12-15-6-2-1-3-7-15/h1-3,6-7,10-11,14,21H,4-5,8-9,12-13H2. The van der Waals surface area contributed by atoms with E-state index in [4.69, 9.17) is 4.99 Å². The molecule has 0 atom stereocenters. The lowest BCUT2D eigenvalue weighted by Gasteiger charge is -2.09. The highest BCUT2D eigenvalue weighted by Crippen LogP contribution is 2.24. The molecule has 0 bridgehead atoms. The topological polar surface area (TPSA) is 32.6 Å². The zero-order chi connectivity index (χ0) is 14.5. The van der Waals surface area contributed by atoms with Gasteiger partial charge in [-0.3, -0.25) is 4.99 Å². The first-order chi connectivity index (χ1) is 10.3. The Hall–Kier alpha value is -2.09. The summed E-state index contributed by atoms with van der Waals surface area (Å²) >= 11 is 0. The van der Waals surface area contributed by atoms with Gasteiger partial charge in [0.2, 0.25) is 0 Å². The maximum Gasteiger partial charge on any atom is 0.115 e. The van der Waals surface area contributed by atoms with Crippen molar-refractivity contribution in [3.05, 3.63) is 65.2 Å². The highest BCUT2D eigenvalue weighted by Gasteiger charge is 2.14. The van der Waals surface area contributed by atoms with Crippen molar-refractivity contribution in [3.63, 3.8) is 0 Å². The van der Waals surface area contributed by atoms with E-state index in [1.54, 1.807) is 6.07 Å². The van der Waals surface area contributed by atoms with Crippen molar-refractivity contribution >= 4 is 5.71 Å². The Balaban J connectivity index is 1.77. The number of phenols is 1. The highest BCUT2D eigenvalue weighted by atomic mass is 16.3. The summed E-state index contributed by atoms with van der Waals surface area (Å²) < 4.78 is 0. The average Bonchev–Trinajstić information content (AvgIpc) is 2.70. The fraction of sp³-hybridized carbons (Fsp3) is 0.316. The molecular formula is C19H21NO. The SMILES string of the molecule is Oc1ccc2c(c1)CCCCC2=NCCc1ccccc1. The van der Waals surface area contributed by atoms with Crippen molar-refractivity contribution in [1.29, 1.82) is 0 Å². The maximum absolute atomic E-state index is 9.65. The Morgan fingerprint density at radius 1 is 0.952 bits per heavy atom. The first-order valence-corrected chi connectivity index (χ1v) is 7.72. The molecule has 0 unspecified atom stereocenters. The van der Waals surface area contributed by atoms with Crippen molar-refractivity contribution in [2.24, 2.45) is 4.99 Å². The van der Waals surface area contributed by atoms with E-state index < -0.39 is 0 Å². The second kappa shape index (κ2) is 6.57. The van der Waals surface area contributed by atoms with Gasteiger partial charge in [0.25, 0.3) is 0 Å². The number of nitrogens with zero attached hydrogens (tertiary/aromatic N) is 1. The third-order valence-corrected chi connectivity index (χ3v) is 4.06. The van der Waals surface area contributed by atoms with Crippen LogP contribution in [0.25, 0.3) is 0 Å². The number of phenolic OH excluding ortho intramolecular Hbond substituents is 1. The molecule has 0 saturated heterocycles. The summed E-state index contributed by atoms with van der Waals surface area (Å²) in [6, 6.07) is 16.2. The van der Waals surface area contributed by atoms with Gasteiger partial charge in [-0.25, -0.2) is 0 Å². The molecule has 0 fully saturated rings. The van der Waals surface area contributed by atoms with Gasteiger partial charge in [-0.2, -0.15) is 0 Å². The summed E-state index contributed by atoms with van der Waals surface area (Å²) in [5, 5.41) is 9.65. The van der Waals surface area contributed by atoms with Gasteiger partial charge in [0.15, 0.2) is 0 Å². The van der Waals surface area contributed by atoms with Crippen LogP contribution < -0.4 is 0 Å². The number of rotatable bonds is 3. The van der Waals surface area contributed by atoms with Crippen molar-refractivity contribution in [2.45, 2.75) is 32.1 Å². The molecule has 2 aromatic rings. The molecule has 2 nitrogen and oxygen atoms in total. The molecule has 1 N–H and O–H groups in total. The summed E-state index contributed by atoms with van der Waals surface area (Å²) in [6.45, 7) is 0.833. The molecule has 0 saturated carbocycles. The molecule has 108 valence electrons. The van der Waals surface area contributed by atoms with Crippen LogP contribution >= 0.6 is 0 Å². The second-order valence-electron chi connectivity index (χ2n) is 5.61. The number of hydrogen-bond donors (Lipinski definition) is 1. The van der Waals surface area contributed by atoms with E-state index in [9.17, 15) is 5.11 Å². The van der Waals surface area contributed by atoms with Gasteiger partial charge in [0, 0.05) is 12.3 Å². The fourth-order valence-corrected chi connectivity index (χ4v) is 2.94. The van der Waals surface area contributed by atoms with E-state index >= 15 is 0 Å². The number of aliphatic imine (C=N–C) groups is 1. The van der Waals surface area contributed by atoms with Crippen molar-refractivity contribution in [1.82, 2.24) is 0 Å². The minimum absolute atomic E-state index is 0.360. The molecule has 0 heterocycles. The first-order valence-electron chi connectivity index (χ1n) is 7.72. The van der Waals surface area contributed by atoms with Gasteiger partial charge in [0.05, 0.1) is 0 Å². The van der Waals surface area contributed by atoms with Gasteiger partial charge in [-0.05, 0) is 67.0 Å². The average molecular weight is 279 g/mol. The lowest BCUT2D eigenvalue weighted by atomic mass is 10.0. The van der Waals surface area contributed by atoms with Gasteiger partial charge < -0.3 is 5.11 Å². The molecular weight excluding hydrogens is 258 g/mol. The number of fused-ring (bicyclic) bond motifs is 1. The van der Waals surface area contributed by atoms with Crippen molar-refractivity contribution in [2.75, 3.05) is 6.54 Å². The Morgan fingerprint density at radius 2 is 1.76 bits per heavy atom. The zero-order valence-electron chi connectivity index (χ0n) is 12.3. The van der Waals surface area contributed by atoms with E-state index in [-0.39, 0.29) is 0 Å². The van der Waals surface area contributed by atoms with Crippen LogP contribution in [0.4, 0.5) is 0 Å². The smallest absolute Gasteiger partial charge is 0.115 e. The number of hydrogen-bond acceptors (Lipinski definition) is 2. The van der Waals surface area contributed by atoms with Crippen LogP contribution in [0.2, 0.25) is 0 Å². The van der Waals surface area contributed by atoms with Crippen LogP contribution in [0.1, 0.15) is 36.0 Å². The summed E-state index contributed by atoms with van der Waals surface area (Å²) in [4.78, 5) is 4.84. The van der Waals surface area contributed by atoms with Gasteiger partial charge in [-0.15, -0.1) is 0 Å². The number of aryl methyl sites for hydroxylation is 1. The van der Waals surface area contributed by atoms with E-state index in [0.717, 1.165) is 25.8 Å². The lowest BCUT2D eigenvalue weighted by Crippen LogP contribution is -2.04. The summed E-state index contributed by atoms with van der Waals surface area (Å²) in [5.41, 5.74) is 5.02. The third-order valence-electron chi connectivity index (χ3n) is 4.06. The van der Waals surface area contributed by atoms with Crippen LogP contribution in [0.3, 0.4) is 0 Å². The molecule has 2 heteroatoms. The Labute approximate surface area is 126 Å².